The topological polar surface area (TPSA) is 60.7 Å². The first-order valence-electron chi connectivity index (χ1n) is 7.75. The molecule has 2 aromatic rings. The Balaban J connectivity index is 2.58. The van der Waals surface area contributed by atoms with Gasteiger partial charge in [-0.3, -0.25) is 0 Å². The number of allylic oxidation sites excluding steroid dienone is 1. The van der Waals surface area contributed by atoms with Crippen molar-refractivity contribution in [2.45, 2.75) is 13.2 Å². The summed E-state index contributed by atoms with van der Waals surface area (Å²) in [5, 5.41) is 9.14. The summed E-state index contributed by atoms with van der Waals surface area (Å²) in [4.78, 5) is 0. The number of nitriles is 1. The van der Waals surface area contributed by atoms with E-state index < -0.39 is 24.7 Å². The number of benzene rings is 2. The summed E-state index contributed by atoms with van der Waals surface area (Å²) < 4.78 is 69.2. The van der Waals surface area contributed by atoms with E-state index in [0.717, 1.165) is 12.1 Å². The molecule has 0 saturated heterocycles. The van der Waals surface area contributed by atoms with Crippen molar-refractivity contribution in [3.63, 3.8) is 0 Å². The number of hydrogen-bond donors (Lipinski definition) is 0. The minimum Gasteiger partial charge on any atom is -0.497 e. The Hall–Kier alpha value is -3.41. The third-order valence-corrected chi connectivity index (χ3v) is 3.56. The van der Waals surface area contributed by atoms with Crippen LogP contribution in [0.1, 0.15) is 11.1 Å². The molecule has 0 atom stereocenters. The van der Waals surface area contributed by atoms with Crippen molar-refractivity contribution >= 4 is 5.57 Å². The molecule has 9 heteroatoms. The van der Waals surface area contributed by atoms with E-state index in [0.29, 0.717) is 22.6 Å². The summed E-state index contributed by atoms with van der Waals surface area (Å²) in [5.74, 6) is -0.287. The highest BCUT2D eigenvalue weighted by molar-refractivity contribution is 5.83. The molecule has 148 valence electrons. The SMILES string of the molecule is COc1cc(OC)cc(C(=CC#N)c2ccc(OC(F)F)c(OC(F)F)c2)c1. The number of rotatable bonds is 8. The molecule has 0 N–H and O–H groups in total. The van der Waals surface area contributed by atoms with Gasteiger partial charge in [0.05, 0.1) is 20.3 Å². The van der Waals surface area contributed by atoms with Gasteiger partial charge in [-0.05, 0) is 41.0 Å². The van der Waals surface area contributed by atoms with Gasteiger partial charge in [-0.15, -0.1) is 0 Å². The van der Waals surface area contributed by atoms with Crippen LogP contribution in [-0.2, 0) is 0 Å². The number of halogens is 4. The number of nitrogens with zero attached hydrogens (tertiary/aromatic N) is 1. The third-order valence-electron chi connectivity index (χ3n) is 3.56. The van der Waals surface area contributed by atoms with Crippen molar-refractivity contribution in [2.24, 2.45) is 0 Å². The van der Waals surface area contributed by atoms with Crippen LogP contribution in [0.15, 0.2) is 42.5 Å². The monoisotopic (exact) mass is 397 g/mol. The van der Waals surface area contributed by atoms with Crippen LogP contribution < -0.4 is 18.9 Å². The van der Waals surface area contributed by atoms with Crippen LogP contribution in [0.5, 0.6) is 23.0 Å². The average Bonchev–Trinajstić information content (AvgIpc) is 2.66. The highest BCUT2D eigenvalue weighted by Gasteiger charge is 2.18. The molecule has 2 rings (SSSR count). The van der Waals surface area contributed by atoms with Gasteiger partial charge in [0, 0.05) is 12.1 Å². The van der Waals surface area contributed by atoms with Gasteiger partial charge in [0.2, 0.25) is 0 Å². The van der Waals surface area contributed by atoms with Crippen LogP contribution in [0.2, 0.25) is 0 Å². The molecule has 0 aliphatic rings. The van der Waals surface area contributed by atoms with Gasteiger partial charge >= 0.3 is 13.2 Å². The maximum Gasteiger partial charge on any atom is 0.387 e. The van der Waals surface area contributed by atoms with Crippen LogP contribution in [-0.4, -0.2) is 27.4 Å². The Morgan fingerprint density at radius 1 is 0.857 bits per heavy atom. The van der Waals surface area contributed by atoms with E-state index in [1.54, 1.807) is 18.2 Å². The first kappa shape index (κ1) is 20.9. The molecule has 0 spiro atoms. The average molecular weight is 397 g/mol. The number of methoxy groups -OCH3 is 2. The van der Waals surface area contributed by atoms with Gasteiger partial charge < -0.3 is 18.9 Å². The third kappa shape index (κ3) is 5.30. The smallest absolute Gasteiger partial charge is 0.387 e. The lowest BCUT2D eigenvalue weighted by atomic mass is 9.96. The summed E-state index contributed by atoms with van der Waals surface area (Å²) in [6, 6.07) is 10.2. The molecule has 0 unspecified atom stereocenters. The van der Waals surface area contributed by atoms with Gasteiger partial charge in [0.25, 0.3) is 0 Å². The zero-order valence-electron chi connectivity index (χ0n) is 14.8. The Morgan fingerprint density at radius 3 is 1.93 bits per heavy atom. The number of ether oxygens (including phenoxy) is 4. The lowest BCUT2D eigenvalue weighted by Gasteiger charge is -2.15. The predicted octanol–water partition coefficient (Wildman–Crippen LogP) is 4.86. The molecule has 0 heterocycles. The maximum atomic E-state index is 12.7. The van der Waals surface area contributed by atoms with Crippen LogP contribution in [0.3, 0.4) is 0 Å². The van der Waals surface area contributed by atoms with Crippen molar-refractivity contribution in [3.05, 3.63) is 53.6 Å². The molecular weight excluding hydrogens is 382 g/mol. The van der Waals surface area contributed by atoms with Crippen molar-refractivity contribution in [3.8, 4) is 29.1 Å². The highest BCUT2D eigenvalue weighted by Crippen LogP contribution is 2.36. The molecular formula is C19H15F4NO4. The number of hydrogen-bond acceptors (Lipinski definition) is 5. The van der Waals surface area contributed by atoms with E-state index in [9.17, 15) is 17.6 Å². The Morgan fingerprint density at radius 2 is 1.43 bits per heavy atom. The summed E-state index contributed by atoms with van der Waals surface area (Å²) in [5.41, 5.74) is 1.04. The summed E-state index contributed by atoms with van der Waals surface area (Å²) >= 11 is 0. The second kappa shape index (κ2) is 9.50. The fraction of sp³-hybridized carbons (Fsp3) is 0.211. The quantitative estimate of drug-likeness (QED) is 0.470. The molecule has 0 radical (unpaired) electrons. The molecule has 0 aliphatic heterocycles. The van der Waals surface area contributed by atoms with E-state index in [1.807, 2.05) is 6.07 Å². The molecule has 0 bridgehead atoms. The molecule has 0 aromatic heterocycles. The van der Waals surface area contributed by atoms with E-state index >= 15 is 0 Å². The van der Waals surface area contributed by atoms with Crippen molar-refractivity contribution in [2.75, 3.05) is 14.2 Å². The van der Waals surface area contributed by atoms with Gasteiger partial charge in [-0.25, -0.2) is 0 Å². The zero-order chi connectivity index (χ0) is 20.7. The highest BCUT2D eigenvalue weighted by atomic mass is 19.3. The van der Waals surface area contributed by atoms with Crippen LogP contribution in [0, 0.1) is 11.3 Å². The molecule has 0 amide bonds. The normalized spacial score (nSPS) is 11.3. The molecule has 0 fully saturated rings. The van der Waals surface area contributed by atoms with Gasteiger partial charge in [-0.1, -0.05) is 6.07 Å². The largest absolute Gasteiger partial charge is 0.497 e. The Kier molecular flexibility index (Phi) is 7.09. The molecule has 0 saturated carbocycles. The van der Waals surface area contributed by atoms with Gasteiger partial charge in [0.15, 0.2) is 11.5 Å². The fourth-order valence-electron chi connectivity index (χ4n) is 2.42. The molecule has 5 nitrogen and oxygen atoms in total. The number of alkyl halides is 4. The minimum absolute atomic E-state index is 0.258. The van der Waals surface area contributed by atoms with Crippen molar-refractivity contribution in [1.29, 1.82) is 5.26 Å². The molecule has 28 heavy (non-hydrogen) atoms. The molecule has 0 aliphatic carbocycles. The maximum absolute atomic E-state index is 12.7. The zero-order valence-corrected chi connectivity index (χ0v) is 14.8. The summed E-state index contributed by atoms with van der Waals surface area (Å²) in [6.45, 7) is -6.47. The van der Waals surface area contributed by atoms with E-state index in [4.69, 9.17) is 14.7 Å². The summed E-state index contributed by atoms with van der Waals surface area (Å²) in [7, 11) is 2.88. The van der Waals surface area contributed by atoms with Gasteiger partial charge in [0.1, 0.15) is 11.5 Å². The fourth-order valence-corrected chi connectivity index (χ4v) is 2.42. The van der Waals surface area contributed by atoms with Crippen LogP contribution >= 0.6 is 0 Å². The molecule has 2 aromatic carbocycles. The lowest BCUT2D eigenvalue weighted by Crippen LogP contribution is -2.08. The van der Waals surface area contributed by atoms with Crippen LogP contribution in [0.25, 0.3) is 5.57 Å². The predicted molar refractivity (Wildman–Crippen MR) is 91.9 cm³/mol. The summed E-state index contributed by atoms with van der Waals surface area (Å²) in [6.07, 6.45) is 1.17. The van der Waals surface area contributed by atoms with E-state index in [-0.39, 0.29) is 5.56 Å². The second-order valence-corrected chi connectivity index (χ2v) is 5.21. The van der Waals surface area contributed by atoms with E-state index in [2.05, 4.69) is 9.47 Å². The van der Waals surface area contributed by atoms with E-state index in [1.165, 1.54) is 26.4 Å². The second-order valence-electron chi connectivity index (χ2n) is 5.21. The Labute approximate surface area is 158 Å². The van der Waals surface area contributed by atoms with Gasteiger partial charge in [-0.2, -0.15) is 22.8 Å². The van der Waals surface area contributed by atoms with Crippen LogP contribution in [0.4, 0.5) is 17.6 Å². The minimum atomic E-state index is -3.25. The first-order valence-corrected chi connectivity index (χ1v) is 7.75. The first-order chi connectivity index (χ1) is 13.4. The lowest BCUT2D eigenvalue weighted by molar-refractivity contribution is -0.0692. The Bertz CT molecular complexity index is 872. The van der Waals surface area contributed by atoms with Crippen molar-refractivity contribution < 1.29 is 36.5 Å². The standard InChI is InChI=1S/C19H15F4NO4/c1-25-13-7-12(8-14(10-13)26-2)15(5-6-24)11-3-4-16(27-18(20)21)17(9-11)28-19(22)23/h3-5,7-10,18-19H,1-2H3. The van der Waals surface area contributed by atoms with Crippen molar-refractivity contribution in [1.82, 2.24) is 0 Å².